The molecule has 1 aromatic carbocycles. The van der Waals surface area contributed by atoms with E-state index in [2.05, 4.69) is 6.08 Å². The number of carbonyl (C=O) groups is 2. The highest BCUT2D eigenvalue weighted by Crippen LogP contribution is 2.40. The molecule has 0 aromatic heterocycles. The Bertz CT molecular complexity index is 786. The van der Waals surface area contributed by atoms with Crippen molar-refractivity contribution in [3.63, 3.8) is 0 Å². The van der Waals surface area contributed by atoms with Crippen LogP contribution >= 0.6 is 0 Å². The number of methoxy groups -OCH3 is 2. The van der Waals surface area contributed by atoms with Crippen molar-refractivity contribution in [2.24, 2.45) is 11.8 Å². The molecule has 1 fully saturated rings. The summed E-state index contributed by atoms with van der Waals surface area (Å²) in [4.78, 5) is 24.9. The number of carbonyl (C=O) groups excluding carboxylic acids is 2. The van der Waals surface area contributed by atoms with Crippen LogP contribution in [0.5, 0.6) is 11.5 Å². The van der Waals surface area contributed by atoms with Crippen LogP contribution < -0.4 is 9.47 Å². The van der Waals surface area contributed by atoms with Gasteiger partial charge in [0.25, 0.3) is 0 Å². The zero-order valence-corrected chi connectivity index (χ0v) is 16.1. The third kappa shape index (κ3) is 4.59. The van der Waals surface area contributed by atoms with Gasteiger partial charge in [-0.1, -0.05) is 12.1 Å². The molecule has 1 aromatic rings. The van der Waals surface area contributed by atoms with Crippen molar-refractivity contribution in [2.75, 3.05) is 20.8 Å². The van der Waals surface area contributed by atoms with Gasteiger partial charge in [0, 0.05) is 6.42 Å². The van der Waals surface area contributed by atoms with E-state index >= 15 is 0 Å². The van der Waals surface area contributed by atoms with E-state index in [9.17, 15) is 9.59 Å². The molecule has 3 rings (SSSR count). The number of esters is 1. The van der Waals surface area contributed by atoms with Gasteiger partial charge in [0.05, 0.1) is 20.8 Å². The van der Waals surface area contributed by atoms with Gasteiger partial charge in [0.2, 0.25) is 0 Å². The first-order valence-corrected chi connectivity index (χ1v) is 9.40. The second kappa shape index (κ2) is 8.42. The van der Waals surface area contributed by atoms with Crippen LogP contribution in [0.4, 0.5) is 0 Å². The summed E-state index contributed by atoms with van der Waals surface area (Å²) in [6.07, 6.45) is 7.14. The zero-order valence-electron chi connectivity index (χ0n) is 16.1. The summed E-state index contributed by atoms with van der Waals surface area (Å²) >= 11 is 0. The highest BCUT2D eigenvalue weighted by atomic mass is 16.5. The van der Waals surface area contributed by atoms with E-state index in [0.29, 0.717) is 30.3 Å². The Kier molecular flexibility index (Phi) is 5.99. The lowest BCUT2D eigenvalue weighted by Crippen LogP contribution is -2.17. The van der Waals surface area contributed by atoms with E-state index in [0.717, 1.165) is 24.0 Å². The normalized spacial score (nSPS) is 19.7. The van der Waals surface area contributed by atoms with Crippen LogP contribution in [0.15, 0.2) is 41.5 Å². The molecule has 0 heterocycles. The molecule has 0 N–H and O–H groups in total. The van der Waals surface area contributed by atoms with E-state index < -0.39 is 5.97 Å². The second-order valence-corrected chi connectivity index (χ2v) is 7.00. The number of hydrogen-bond donors (Lipinski definition) is 0. The molecule has 2 aliphatic rings. The molecule has 1 unspecified atom stereocenters. The molecule has 1 atom stereocenters. The lowest BCUT2D eigenvalue weighted by Gasteiger charge is -2.14. The Morgan fingerprint density at radius 2 is 1.89 bits per heavy atom. The summed E-state index contributed by atoms with van der Waals surface area (Å²) in [5.41, 5.74) is 2.34. The van der Waals surface area contributed by atoms with E-state index in [-0.39, 0.29) is 23.9 Å². The fourth-order valence-corrected chi connectivity index (χ4v) is 3.47. The Labute approximate surface area is 160 Å². The Balaban J connectivity index is 1.82. The molecule has 0 saturated heterocycles. The first kappa shape index (κ1) is 19.2. The standard InChI is InChI=1S/C22H26O5/c1-4-27-22(24)18-13-17(16-6-7-16)10-15(11-19(18)23)9-14-5-8-20(25-2)21(12-14)26-3/h5,8,10,12-13,15-16H,4,6-7,9,11H2,1-3H3. The topological polar surface area (TPSA) is 61.8 Å². The van der Waals surface area contributed by atoms with Gasteiger partial charge in [-0.2, -0.15) is 0 Å². The molecule has 0 amide bonds. The first-order valence-electron chi connectivity index (χ1n) is 9.40. The van der Waals surface area contributed by atoms with Gasteiger partial charge in [0.15, 0.2) is 17.3 Å². The molecule has 0 radical (unpaired) electrons. The fourth-order valence-electron chi connectivity index (χ4n) is 3.47. The van der Waals surface area contributed by atoms with Crippen LogP contribution in [0, 0.1) is 11.8 Å². The Morgan fingerprint density at radius 1 is 1.15 bits per heavy atom. The van der Waals surface area contributed by atoms with E-state index in [1.54, 1.807) is 27.2 Å². The zero-order chi connectivity index (χ0) is 19.4. The molecule has 27 heavy (non-hydrogen) atoms. The lowest BCUT2D eigenvalue weighted by molar-refractivity contribution is -0.140. The smallest absolute Gasteiger partial charge is 0.341 e. The maximum absolute atomic E-state index is 12.7. The number of hydrogen-bond acceptors (Lipinski definition) is 5. The number of Topliss-reactive ketones (excluding diaryl/α,β-unsaturated/α-hetero) is 1. The van der Waals surface area contributed by atoms with Gasteiger partial charge < -0.3 is 14.2 Å². The van der Waals surface area contributed by atoms with Gasteiger partial charge in [-0.3, -0.25) is 4.79 Å². The predicted octanol–water partition coefficient (Wildman–Crippen LogP) is 3.66. The average Bonchev–Trinajstić information content (AvgIpc) is 3.49. The minimum Gasteiger partial charge on any atom is -0.493 e. The summed E-state index contributed by atoms with van der Waals surface area (Å²) in [6, 6.07) is 5.81. The van der Waals surface area contributed by atoms with Gasteiger partial charge in [-0.05, 0) is 67.4 Å². The minimum atomic E-state index is -0.513. The molecule has 0 aliphatic heterocycles. The van der Waals surface area contributed by atoms with Crippen LogP contribution in [-0.2, 0) is 20.7 Å². The van der Waals surface area contributed by atoms with Crippen LogP contribution in [0.2, 0.25) is 0 Å². The minimum absolute atomic E-state index is 0.0365. The number of rotatable bonds is 7. The molecular formula is C22H26O5. The number of allylic oxidation sites excluding steroid dienone is 3. The molecular weight excluding hydrogens is 344 g/mol. The molecule has 2 aliphatic carbocycles. The maximum Gasteiger partial charge on any atom is 0.341 e. The molecule has 5 heteroatoms. The largest absolute Gasteiger partial charge is 0.493 e. The van der Waals surface area contributed by atoms with Crippen molar-refractivity contribution in [2.45, 2.75) is 32.6 Å². The van der Waals surface area contributed by atoms with Crippen LogP contribution in [-0.4, -0.2) is 32.6 Å². The first-order chi connectivity index (χ1) is 13.0. The second-order valence-electron chi connectivity index (χ2n) is 7.00. The van der Waals surface area contributed by atoms with Gasteiger partial charge >= 0.3 is 5.97 Å². The van der Waals surface area contributed by atoms with Crippen LogP contribution in [0.3, 0.4) is 0 Å². The predicted molar refractivity (Wildman–Crippen MR) is 102 cm³/mol. The highest BCUT2D eigenvalue weighted by Gasteiger charge is 2.32. The summed E-state index contributed by atoms with van der Waals surface area (Å²) in [5.74, 6) is 1.18. The summed E-state index contributed by atoms with van der Waals surface area (Å²) in [7, 11) is 3.21. The highest BCUT2D eigenvalue weighted by molar-refractivity contribution is 6.18. The number of ether oxygens (including phenoxy) is 3. The summed E-state index contributed by atoms with van der Waals surface area (Å²) in [5, 5.41) is 0. The quantitative estimate of drug-likeness (QED) is 0.541. The van der Waals surface area contributed by atoms with Crippen molar-refractivity contribution in [1.82, 2.24) is 0 Å². The van der Waals surface area contributed by atoms with Crippen LogP contribution in [0.25, 0.3) is 0 Å². The summed E-state index contributed by atoms with van der Waals surface area (Å²) in [6.45, 7) is 2.01. The average molecular weight is 370 g/mol. The Hall–Kier alpha value is -2.56. The van der Waals surface area contributed by atoms with E-state index in [4.69, 9.17) is 14.2 Å². The molecule has 1 saturated carbocycles. The summed E-state index contributed by atoms with van der Waals surface area (Å²) < 4.78 is 15.7. The van der Waals surface area contributed by atoms with Crippen LogP contribution in [0.1, 0.15) is 31.7 Å². The molecule has 0 bridgehead atoms. The number of ketones is 1. The molecule has 144 valence electrons. The fraction of sp³-hybridized carbons (Fsp3) is 0.455. The Morgan fingerprint density at radius 3 is 2.52 bits per heavy atom. The maximum atomic E-state index is 12.7. The van der Waals surface area contributed by atoms with Gasteiger partial charge in [-0.15, -0.1) is 0 Å². The monoisotopic (exact) mass is 370 g/mol. The van der Waals surface area contributed by atoms with Crippen molar-refractivity contribution in [3.05, 3.63) is 47.1 Å². The van der Waals surface area contributed by atoms with Crippen molar-refractivity contribution in [3.8, 4) is 11.5 Å². The van der Waals surface area contributed by atoms with Gasteiger partial charge in [0.1, 0.15) is 5.57 Å². The SMILES string of the molecule is CCOC(=O)C1=CC(C2CC2)=CC(Cc2ccc(OC)c(OC)c2)CC1=O. The van der Waals surface area contributed by atoms with Crippen molar-refractivity contribution < 1.29 is 23.8 Å². The van der Waals surface area contributed by atoms with E-state index in [1.807, 2.05) is 18.2 Å². The lowest BCUT2D eigenvalue weighted by atomic mass is 9.92. The molecule has 5 nitrogen and oxygen atoms in total. The number of benzene rings is 1. The van der Waals surface area contributed by atoms with Crippen molar-refractivity contribution >= 4 is 11.8 Å². The van der Waals surface area contributed by atoms with E-state index in [1.165, 1.54) is 0 Å². The van der Waals surface area contributed by atoms with Gasteiger partial charge in [-0.25, -0.2) is 4.79 Å². The third-order valence-electron chi connectivity index (χ3n) is 4.98. The molecule has 0 spiro atoms. The third-order valence-corrected chi connectivity index (χ3v) is 4.98. The van der Waals surface area contributed by atoms with Crippen molar-refractivity contribution in [1.29, 1.82) is 0 Å².